The topological polar surface area (TPSA) is 123 Å². The molecule has 0 fully saturated rings. The first-order chi connectivity index (χ1) is 12.1. The summed E-state index contributed by atoms with van der Waals surface area (Å²) in [6.45, 7) is 0. The molecule has 4 aromatic rings. The van der Waals surface area contributed by atoms with Crippen LogP contribution in [0.1, 0.15) is 10.6 Å². The normalized spacial score (nSPS) is 10.9. The van der Waals surface area contributed by atoms with E-state index in [0.717, 1.165) is 0 Å². The molecule has 0 aliphatic heterocycles. The molecule has 3 aromatic heterocycles. The second-order valence-electron chi connectivity index (χ2n) is 5.24. The van der Waals surface area contributed by atoms with E-state index in [1.807, 2.05) is 0 Å². The standard InChI is InChI=1S/C15H12N8O2/c1-22-8-18-12(21-22)15(25)20-10-4-2-3-5-11(10)23-13-9(6-19-23)14(24)17-7-16-13/h2-8H,1H3,(H,20,25)(H,16,17,24). The summed E-state index contributed by atoms with van der Waals surface area (Å²) in [6, 6.07) is 7.05. The molecule has 1 aromatic carbocycles. The van der Waals surface area contributed by atoms with E-state index in [0.29, 0.717) is 22.4 Å². The van der Waals surface area contributed by atoms with Crippen molar-refractivity contribution in [2.24, 2.45) is 7.05 Å². The van der Waals surface area contributed by atoms with E-state index in [4.69, 9.17) is 0 Å². The molecule has 10 nitrogen and oxygen atoms in total. The third-order valence-corrected chi connectivity index (χ3v) is 3.55. The highest BCUT2D eigenvalue weighted by Gasteiger charge is 2.16. The van der Waals surface area contributed by atoms with Crippen LogP contribution in [0.3, 0.4) is 0 Å². The maximum absolute atomic E-state index is 12.3. The molecule has 0 spiro atoms. The Morgan fingerprint density at radius 1 is 1.24 bits per heavy atom. The van der Waals surface area contributed by atoms with E-state index in [9.17, 15) is 9.59 Å². The average molecular weight is 336 g/mol. The number of benzene rings is 1. The van der Waals surface area contributed by atoms with Gasteiger partial charge in [-0.05, 0) is 12.1 Å². The lowest BCUT2D eigenvalue weighted by Gasteiger charge is -2.10. The second kappa shape index (κ2) is 5.67. The molecule has 0 atom stereocenters. The summed E-state index contributed by atoms with van der Waals surface area (Å²) in [4.78, 5) is 34.7. The molecule has 0 unspecified atom stereocenters. The minimum atomic E-state index is -0.449. The Kier molecular flexibility index (Phi) is 3.35. The average Bonchev–Trinajstić information content (AvgIpc) is 3.23. The van der Waals surface area contributed by atoms with Gasteiger partial charge >= 0.3 is 0 Å². The van der Waals surface area contributed by atoms with Crippen LogP contribution < -0.4 is 10.9 Å². The summed E-state index contributed by atoms with van der Waals surface area (Å²) in [6.07, 6.45) is 4.18. The molecule has 0 radical (unpaired) electrons. The first-order valence-electron chi connectivity index (χ1n) is 7.31. The number of hydrogen-bond acceptors (Lipinski definition) is 6. The van der Waals surface area contributed by atoms with Crippen LogP contribution in [0.15, 0.2) is 47.9 Å². The number of H-pyrrole nitrogens is 1. The number of anilines is 1. The van der Waals surface area contributed by atoms with E-state index < -0.39 is 5.91 Å². The van der Waals surface area contributed by atoms with Crippen molar-refractivity contribution < 1.29 is 4.79 Å². The lowest BCUT2D eigenvalue weighted by molar-refractivity contribution is 0.101. The maximum Gasteiger partial charge on any atom is 0.295 e. The van der Waals surface area contributed by atoms with Crippen molar-refractivity contribution in [3.8, 4) is 5.69 Å². The molecule has 2 N–H and O–H groups in total. The molecule has 0 aliphatic rings. The first-order valence-corrected chi connectivity index (χ1v) is 7.31. The molecule has 10 heteroatoms. The molecule has 0 saturated carbocycles. The number of aryl methyl sites for hydroxylation is 1. The number of aromatic amines is 1. The van der Waals surface area contributed by atoms with Crippen LogP contribution in [0, 0.1) is 0 Å². The smallest absolute Gasteiger partial charge is 0.295 e. The molecule has 0 aliphatic carbocycles. The monoisotopic (exact) mass is 336 g/mol. The van der Waals surface area contributed by atoms with Crippen molar-refractivity contribution >= 4 is 22.6 Å². The Labute approximate surface area is 140 Å². The number of rotatable bonds is 3. The molecule has 0 bridgehead atoms. The van der Waals surface area contributed by atoms with Gasteiger partial charge in [0.05, 0.1) is 23.9 Å². The summed E-state index contributed by atoms with van der Waals surface area (Å²) in [5.41, 5.74) is 1.17. The van der Waals surface area contributed by atoms with E-state index in [-0.39, 0.29) is 11.4 Å². The molecule has 4 rings (SSSR count). The van der Waals surface area contributed by atoms with Gasteiger partial charge in [-0.1, -0.05) is 12.1 Å². The van der Waals surface area contributed by atoms with Crippen molar-refractivity contribution in [1.82, 2.24) is 34.5 Å². The highest BCUT2D eigenvalue weighted by molar-refractivity contribution is 6.02. The Hall–Kier alpha value is -3.82. The number of nitrogens with one attached hydrogen (secondary N) is 2. The zero-order valence-electron chi connectivity index (χ0n) is 13.0. The zero-order valence-corrected chi connectivity index (χ0v) is 13.0. The van der Waals surface area contributed by atoms with Gasteiger partial charge in [-0.15, -0.1) is 5.10 Å². The third-order valence-electron chi connectivity index (χ3n) is 3.55. The van der Waals surface area contributed by atoms with Crippen molar-refractivity contribution in [2.75, 3.05) is 5.32 Å². The van der Waals surface area contributed by atoms with Gasteiger partial charge in [0, 0.05) is 7.05 Å². The number of carbonyl (C=O) groups is 1. The lowest BCUT2D eigenvalue weighted by Crippen LogP contribution is -2.16. The van der Waals surface area contributed by atoms with E-state index >= 15 is 0 Å². The minimum absolute atomic E-state index is 0.0530. The Morgan fingerprint density at radius 3 is 2.88 bits per heavy atom. The fourth-order valence-electron chi connectivity index (χ4n) is 2.42. The van der Waals surface area contributed by atoms with Crippen molar-refractivity contribution in [2.45, 2.75) is 0 Å². The van der Waals surface area contributed by atoms with Crippen molar-refractivity contribution in [3.05, 3.63) is 59.3 Å². The van der Waals surface area contributed by atoms with Crippen LogP contribution in [0.2, 0.25) is 0 Å². The van der Waals surface area contributed by atoms with Gasteiger partial charge in [0.25, 0.3) is 11.5 Å². The summed E-state index contributed by atoms with van der Waals surface area (Å²) >= 11 is 0. The van der Waals surface area contributed by atoms with Crippen LogP contribution in [-0.4, -0.2) is 40.4 Å². The van der Waals surface area contributed by atoms with Gasteiger partial charge in [0.1, 0.15) is 11.7 Å². The minimum Gasteiger partial charge on any atom is -0.317 e. The van der Waals surface area contributed by atoms with Crippen molar-refractivity contribution in [1.29, 1.82) is 0 Å². The molecule has 3 heterocycles. The van der Waals surface area contributed by atoms with Gasteiger partial charge in [-0.2, -0.15) is 5.10 Å². The number of carbonyl (C=O) groups excluding carboxylic acids is 1. The fraction of sp³-hybridized carbons (Fsp3) is 0.0667. The number of fused-ring (bicyclic) bond motifs is 1. The fourth-order valence-corrected chi connectivity index (χ4v) is 2.42. The van der Waals surface area contributed by atoms with Crippen LogP contribution in [0.25, 0.3) is 16.7 Å². The molecule has 25 heavy (non-hydrogen) atoms. The van der Waals surface area contributed by atoms with Gasteiger partial charge < -0.3 is 10.3 Å². The summed E-state index contributed by atoms with van der Waals surface area (Å²) in [7, 11) is 1.68. The number of aromatic nitrogens is 7. The predicted octanol–water partition coefficient (Wildman–Crippen LogP) is 0.490. The molecular formula is C15H12N8O2. The Bertz CT molecular complexity index is 1140. The van der Waals surface area contributed by atoms with Gasteiger partial charge in [0.15, 0.2) is 5.65 Å². The van der Waals surface area contributed by atoms with Crippen LogP contribution >= 0.6 is 0 Å². The Balaban J connectivity index is 1.77. The summed E-state index contributed by atoms with van der Waals surface area (Å²) in [5.74, 6) is -0.396. The Morgan fingerprint density at radius 2 is 2.08 bits per heavy atom. The SMILES string of the molecule is Cn1cnc(C(=O)Nc2ccccc2-n2ncc3c(=O)[nH]cnc32)n1. The summed E-state index contributed by atoms with van der Waals surface area (Å²) < 4.78 is 2.93. The lowest BCUT2D eigenvalue weighted by atomic mass is 10.2. The van der Waals surface area contributed by atoms with E-state index in [1.165, 1.54) is 28.2 Å². The van der Waals surface area contributed by atoms with Gasteiger partial charge in [-0.25, -0.2) is 14.6 Å². The third kappa shape index (κ3) is 2.55. The zero-order chi connectivity index (χ0) is 17.4. The van der Waals surface area contributed by atoms with Gasteiger partial charge in [-0.3, -0.25) is 14.3 Å². The number of hydrogen-bond donors (Lipinski definition) is 2. The molecule has 124 valence electrons. The van der Waals surface area contributed by atoms with Gasteiger partial charge in [0.2, 0.25) is 5.82 Å². The van der Waals surface area contributed by atoms with Crippen molar-refractivity contribution in [3.63, 3.8) is 0 Å². The first kappa shape index (κ1) is 14.8. The molecular weight excluding hydrogens is 324 g/mol. The number of nitrogens with zero attached hydrogens (tertiary/aromatic N) is 6. The van der Waals surface area contributed by atoms with E-state index in [2.05, 4.69) is 30.5 Å². The van der Waals surface area contributed by atoms with Crippen LogP contribution in [0.5, 0.6) is 0 Å². The second-order valence-corrected chi connectivity index (χ2v) is 5.24. The largest absolute Gasteiger partial charge is 0.317 e. The summed E-state index contributed by atoms with van der Waals surface area (Å²) in [5, 5.41) is 11.3. The number of amides is 1. The predicted molar refractivity (Wildman–Crippen MR) is 88.4 cm³/mol. The van der Waals surface area contributed by atoms with E-state index in [1.54, 1.807) is 31.3 Å². The number of para-hydroxylation sites is 2. The molecule has 0 saturated heterocycles. The van der Waals surface area contributed by atoms with Crippen LogP contribution in [0.4, 0.5) is 5.69 Å². The van der Waals surface area contributed by atoms with Crippen LogP contribution in [-0.2, 0) is 7.05 Å². The maximum atomic E-state index is 12.3. The highest BCUT2D eigenvalue weighted by atomic mass is 16.2. The molecule has 1 amide bonds. The quantitative estimate of drug-likeness (QED) is 0.561. The highest BCUT2D eigenvalue weighted by Crippen LogP contribution is 2.22.